The van der Waals surface area contributed by atoms with E-state index in [0.29, 0.717) is 19.3 Å². The molecule has 374 valence electrons. The van der Waals surface area contributed by atoms with Crippen molar-refractivity contribution in [3.05, 3.63) is 146 Å². The number of rotatable bonds is 45. The first-order valence-electron chi connectivity index (χ1n) is 26.3. The number of hydrogen-bond donors (Lipinski definition) is 0. The molecule has 0 heterocycles. The highest BCUT2D eigenvalue weighted by Gasteiger charge is 2.19. The number of esters is 3. The molecule has 0 saturated carbocycles. The highest BCUT2D eigenvalue weighted by molar-refractivity contribution is 5.71. The maximum Gasteiger partial charge on any atom is 0.306 e. The van der Waals surface area contributed by atoms with E-state index in [0.717, 1.165) is 154 Å². The third-order valence-corrected chi connectivity index (χ3v) is 10.3. The lowest BCUT2D eigenvalue weighted by molar-refractivity contribution is -0.167. The average Bonchev–Trinajstić information content (AvgIpc) is 3.33. The molecule has 6 nitrogen and oxygen atoms in total. The Kier molecular flexibility index (Phi) is 50.1. The highest BCUT2D eigenvalue weighted by atomic mass is 16.6. The van der Waals surface area contributed by atoms with Crippen LogP contribution in [0.4, 0.5) is 0 Å². The largest absolute Gasteiger partial charge is 0.462 e. The number of unbranched alkanes of at least 4 members (excludes halogenated alkanes) is 10. The Bertz CT molecular complexity index is 1530. The van der Waals surface area contributed by atoms with Gasteiger partial charge in [-0.2, -0.15) is 0 Å². The zero-order valence-electron chi connectivity index (χ0n) is 42.6. The first-order chi connectivity index (χ1) is 33.0. The number of carbonyl (C=O) groups excluding carboxylic acids is 3. The highest BCUT2D eigenvalue weighted by Crippen LogP contribution is 2.12. The minimum atomic E-state index is -0.827. The Hall–Kier alpha value is -4.71. The van der Waals surface area contributed by atoms with Gasteiger partial charge in [0.2, 0.25) is 0 Å². The number of carbonyl (C=O) groups is 3. The fourth-order valence-corrected chi connectivity index (χ4v) is 6.47. The summed E-state index contributed by atoms with van der Waals surface area (Å²) in [5.41, 5.74) is 0. The van der Waals surface area contributed by atoms with Crippen molar-refractivity contribution >= 4 is 17.9 Å². The smallest absolute Gasteiger partial charge is 0.306 e. The van der Waals surface area contributed by atoms with Crippen LogP contribution in [-0.4, -0.2) is 37.2 Å². The number of hydrogen-bond acceptors (Lipinski definition) is 6. The van der Waals surface area contributed by atoms with Gasteiger partial charge in [-0.05, 0) is 135 Å². The Balaban J connectivity index is 4.57. The molecule has 0 amide bonds. The molecule has 0 aromatic carbocycles. The topological polar surface area (TPSA) is 78.9 Å². The summed E-state index contributed by atoms with van der Waals surface area (Å²) in [7, 11) is 0. The van der Waals surface area contributed by atoms with E-state index in [1.54, 1.807) is 0 Å². The summed E-state index contributed by atoms with van der Waals surface area (Å²) in [5, 5.41) is 0. The van der Waals surface area contributed by atoms with E-state index in [-0.39, 0.29) is 37.5 Å². The van der Waals surface area contributed by atoms with Gasteiger partial charge in [0.15, 0.2) is 6.10 Å². The van der Waals surface area contributed by atoms with Crippen LogP contribution in [0.1, 0.15) is 201 Å². The SMILES string of the molecule is CC/C=C\C/C=C\C/C=C\C/C=C\C/C=C\CCCCCC(=O)OC[C@H](COC(=O)CCCCCCC/C=C\C/C=C\C/C=C\CC)OC(=O)CCCC/C=C\C/C=C\C/C=C\C/C=C\CC. The molecule has 0 N–H and O–H groups in total. The van der Waals surface area contributed by atoms with Crippen molar-refractivity contribution in [2.45, 2.75) is 207 Å². The molecule has 0 aliphatic carbocycles. The molecule has 1 atom stereocenters. The zero-order chi connectivity index (χ0) is 48.6. The number of ether oxygens (including phenoxy) is 3. The average molecular weight is 923 g/mol. The van der Waals surface area contributed by atoms with Crippen molar-refractivity contribution in [2.24, 2.45) is 0 Å². The summed E-state index contributed by atoms with van der Waals surface area (Å²) in [6, 6.07) is 0. The van der Waals surface area contributed by atoms with E-state index in [9.17, 15) is 14.4 Å². The minimum absolute atomic E-state index is 0.121. The van der Waals surface area contributed by atoms with Crippen molar-refractivity contribution in [1.29, 1.82) is 0 Å². The van der Waals surface area contributed by atoms with E-state index in [1.807, 2.05) is 0 Å². The van der Waals surface area contributed by atoms with Crippen molar-refractivity contribution in [2.75, 3.05) is 13.2 Å². The summed E-state index contributed by atoms with van der Waals surface area (Å²) in [5.74, 6) is -1.02. The first-order valence-corrected chi connectivity index (χ1v) is 26.3. The fourth-order valence-electron chi connectivity index (χ4n) is 6.47. The van der Waals surface area contributed by atoms with Crippen molar-refractivity contribution < 1.29 is 28.6 Å². The van der Waals surface area contributed by atoms with Crippen LogP contribution in [0.2, 0.25) is 0 Å². The molecule has 0 aromatic heterocycles. The van der Waals surface area contributed by atoms with Gasteiger partial charge in [0.1, 0.15) is 13.2 Å². The van der Waals surface area contributed by atoms with Crippen LogP contribution in [0.3, 0.4) is 0 Å². The summed E-state index contributed by atoms with van der Waals surface area (Å²) in [6.07, 6.45) is 76.9. The van der Waals surface area contributed by atoms with Crippen molar-refractivity contribution in [3.63, 3.8) is 0 Å². The van der Waals surface area contributed by atoms with E-state index in [2.05, 4.69) is 167 Å². The summed E-state index contributed by atoms with van der Waals surface area (Å²) < 4.78 is 16.7. The lowest BCUT2D eigenvalue weighted by atomic mass is 10.1. The molecule has 67 heavy (non-hydrogen) atoms. The summed E-state index contributed by atoms with van der Waals surface area (Å²) >= 11 is 0. The second-order valence-electron chi connectivity index (χ2n) is 16.6. The van der Waals surface area contributed by atoms with Gasteiger partial charge >= 0.3 is 17.9 Å². The molecule has 0 radical (unpaired) electrons. The van der Waals surface area contributed by atoms with E-state index in [4.69, 9.17) is 14.2 Å². The molecule has 0 spiro atoms. The van der Waals surface area contributed by atoms with Gasteiger partial charge in [-0.25, -0.2) is 0 Å². The Morgan fingerprint density at radius 2 is 0.537 bits per heavy atom. The van der Waals surface area contributed by atoms with Gasteiger partial charge in [0.25, 0.3) is 0 Å². The van der Waals surface area contributed by atoms with Crippen molar-refractivity contribution in [1.82, 2.24) is 0 Å². The van der Waals surface area contributed by atoms with Crippen molar-refractivity contribution in [3.8, 4) is 0 Å². The Labute approximate surface area is 410 Å². The van der Waals surface area contributed by atoms with Gasteiger partial charge in [0.05, 0.1) is 0 Å². The van der Waals surface area contributed by atoms with Gasteiger partial charge in [-0.1, -0.05) is 192 Å². The standard InChI is InChI=1S/C61H94O6/c1-4-7-10-13-16-19-22-25-28-29-30-31-34-36-39-42-45-48-51-54-60(63)66-57-58(67-61(64)55-52-49-46-43-40-37-33-27-24-21-18-15-12-9-6-3)56-65-59(62)53-50-47-44-41-38-35-32-26-23-20-17-14-11-8-5-2/h7-12,16-21,25-28,30-33,36,39-40,43,58H,4-6,13-15,22-24,29,34-35,37-38,41-42,44-57H2,1-3H3/b10-7-,11-8-,12-9-,19-16-,20-17-,21-18-,28-25-,31-30-,32-26-,33-27-,39-36-,43-40-/t58-/m0/s1. The van der Waals surface area contributed by atoms with E-state index < -0.39 is 6.10 Å². The third kappa shape index (κ3) is 52.1. The molecular weight excluding hydrogens is 829 g/mol. The lowest BCUT2D eigenvalue weighted by Crippen LogP contribution is -2.30. The van der Waals surface area contributed by atoms with Crippen LogP contribution in [-0.2, 0) is 28.6 Å². The maximum atomic E-state index is 12.8. The van der Waals surface area contributed by atoms with Crippen LogP contribution < -0.4 is 0 Å². The first kappa shape index (κ1) is 62.3. The van der Waals surface area contributed by atoms with E-state index in [1.165, 1.54) is 0 Å². The molecule has 0 aliphatic rings. The number of allylic oxidation sites excluding steroid dienone is 24. The van der Waals surface area contributed by atoms with Crippen LogP contribution in [0.15, 0.2) is 146 Å². The summed E-state index contributed by atoms with van der Waals surface area (Å²) in [6.45, 7) is 6.19. The monoisotopic (exact) mass is 923 g/mol. The molecular formula is C61H94O6. The Morgan fingerprint density at radius 3 is 0.881 bits per heavy atom. The quantitative estimate of drug-likeness (QED) is 0.0262. The molecule has 0 bridgehead atoms. The van der Waals surface area contributed by atoms with Gasteiger partial charge in [0, 0.05) is 19.3 Å². The predicted octanol–water partition coefficient (Wildman–Crippen LogP) is 17.6. The van der Waals surface area contributed by atoms with Crippen LogP contribution in [0, 0.1) is 0 Å². The molecule has 0 aromatic rings. The Morgan fingerprint density at radius 1 is 0.299 bits per heavy atom. The van der Waals surface area contributed by atoms with Gasteiger partial charge < -0.3 is 14.2 Å². The fraction of sp³-hybridized carbons (Fsp3) is 0.557. The van der Waals surface area contributed by atoms with Gasteiger partial charge in [-0.3, -0.25) is 14.4 Å². The molecule has 0 aliphatic heterocycles. The second kappa shape index (κ2) is 53.9. The maximum absolute atomic E-state index is 12.8. The third-order valence-electron chi connectivity index (χ3n) is 10.3. The molecule has 0 rings (SSSR count). The summed E-state index contributed by atoms with van der Waals surface area (Å²) in [4.78, 5) is 38.0. The van der Waals surface area contributed by atoms with E-state index >= 15 is 0 Å². The lowest BCUT2D eigenvalue weighted by Gasteiger charge is -2.18. The van der Waals surface area contributed by atoms with Crippen LogP contribution >= 0.6 is 0 Å². The minimum Gasteiger partial charge on any atom is -0.462 e. The van der Waals surface area contributed by atoms with Gasteiger partial charge in [-0.15, -0.1) is 0 Å². The second-order valence-corrected chi connectivity index (χ2v) is 16.6. The molecule has 6 heteroatoms. The van der Waals surface area contributed by atoms with Crippen LogP contribution in [0.25, 0.3) is 0 Å². The van der Waals surface area contributed by atoms with Crippen LogP contribution in [0.5, 0.6) is 0 Å². The molecule has 0 saturated heterocycles. The predicted molar refractivity (Wildman–Crippen MR) is 288 cm³/mol. The normalized spacial score (nSPS) is 13.3. The zero-order valence-corrected chi connectivity index (χ0v) is 42.6. The molecule has 0 fully saturated rings. The molecule has 0 unspecified atom stereocenters.